The number of carboxylic acid groups (broad SMARTS) is 1. The van der Waals surface area contributed by atoms with Crippen molar-refractivity contribution < 1.29 is 23.1 Å². The summed E-state index contributed by atoms with van der Waals surface area (Å²) in [5.74, 6) is -1.63. The van der Waals surface area contributed by atoms with Gasteiger partial charge in [0.05, 0.1) is 6.54 Å². The van der Waals surface area contributed by atoms with Crippen molar-refractivity contribution in [3.05, 3.63) is 16.3 Å². The van der Waals surface area contributed by atoms with E-state index < -0.39 is 16.0 Å². The molecule has 1 amide bonds. The maximum Gasteiger partial charge on any atom is 0.347 e. The Kier molecular flexibility index (Phi) is 4.93. The first-order chi connectivity index (χ1) is 9.92. The van der Waals surface area contributed by atoms with Gasteiger partial charge in [-0.3, -0.25) is 4.79 Å². The molecule has 0 spiro atoms. The zero-order chi connectivity index (χ0) is 15.5. The van der Waals surface area contributed by atoms with Crippen LogP contribution < -0.4 is 10.0 Å². The third-order valence-electron chi connectivity index (χ3n) is 3.00. The van der Waals surface area contributed by atoms with Gasteiger partial charge in [-0.15, -0.1) is 11.3 Å². The van der Waals surface area contributed by atoms with E-state index in [0.717, 1.165) is 11.3 Å². The van der Waals surface area contributed by atoms with E-state index in [1.165, 1.54) is 11.4 Å². The van der Waals surface area contributed by atoms with Crippen molar-refractivity contribution in [1.29, 1.82) is 0 Å². The predicted octanol–water partition coefficient (Wildman–Crippen LogP) is -0.844. The van der Waals surface area contributed by atoms with Crippen LogP contribution in [0.2, 0.25) is 0 Å². The Morgan fingerprint density at radius 1 is 1.38 bits per heavy atom. The molecule has 2 heterocycles. The van der Waals surface area contributed by atoms with E-state index in [9.17, 15) is 18.0 Å². The van der Waals surface area contributed by atoms with Gasteiger partial charge in [-0.1, -0.05) is 0 Å². The number of thiophene rings is 1. The summed E-state index contributed by atoms with van der Waals surface area (Å²) < 4.78 is 26.3. The lowest BCUT2D eigenvalue weighted by Crippen LogP contribution is -2.49. The zero-order valence-corrected chi connectivity index (χ0v) is 12.7. The molecule has 2 rings (SSSR count). The van der Waals surface area contributed by atoms with Gasteiger partial charge in [-0.25, -0.2) is 17.9 Å². The summed E-state index contributed by atoms with van der Waals surface area (Å²) in [5, 5.41) is 13.4. The molecule has 21 heavy (non-hydrogen) atoms. The van der Waals surface area contributed by atoms with E-state index in [1.807, 2.05) is 0 Å². The maximum atomic E-state index is 12.1. The van der Waals surface area contributed by atoms with Crippen molar-refractivity contribution in [2.45, 2.75) is 4.90 Å². The fraction of sp³-hybridized carbons (Fsp3) is 0.455. The van der Waals surface area contributed by atoms with Crippen LogP contribution in [0.1, 0.15) is 9.67 Å². The quantitative estimate of drug-likeness (QED) is 0.647. The Hall–Kier alpha value is -1.49. The van der Waals surface area contributed by atoms with Crippen molar-refractivity contribution in [2.24, 2.45) is 0 Å². The summed E-state index contributed by atoms with van der Waals surface area (Å²) in [5.41, 5.74) is 0. The number of nitrogens with one attached hydrogen (secondary N) is 2. The number of aromatic carboxylic acids is 1. The van der Waals surface area contributed by atoms with E-state index in [-0.39, 0.29) is 22.2 Å². The minimum Gasteiger partial charge on any atom is -0.477 e. The maximum absolute atomic E-state index is 12.1. The molecule has 116 valence electrons. The molecule has 1 aliphatic rings. The molecular weight excluding hydrogens is 318 g/mol. The van der Waals surface area contributed by atoms with Crippen molar-refractivity contribution >= 4 is 33.2 Å². The highest BCUT2D eigenvalue weighted by molar-refractivity contribution is 7.89. The number of hydrogen-bond acceptors (Lipinski definition) is 6. The molecule has 1 fully saturated rings. The second-order valence-electron chi connectivity index (χ2n) is 4.37. The summed E-state index contributed by atoms with van der Waals surface area (Å²) in [6, 6.07) is 1.21. The minimum atomic E-state index is -4.01. The third kappa shape index (κ3) is 3.79. The first-order valence-electron chi connectivity index (χ1n) is 6.21. The summed E-state index contributed by atoms with van der Waals surface area (Å²) in [7, 11) is -4.01. The zero-order valence-electron chi connectivity index (χ0n) is 11.0. The summed E-state index contributed by atoms with van der Waals surface area (Å²) in [6.07, 6.45) is 0. The number of carbonyl (C=O) groups excluding carboxylic acids is 1. The van der Waals surface area contributed by atoms with Gasteiger partial charge >= 0.3 is 5.97 Å². The monoisotopic (exact) mass is 333 g/mol. The molecule has 0 unspecified atom stereocenters. The number of amides is 1. The molecule has 0 saturated carbocycles. The molecule has 1 saturated heterocycles. The van der Waals surface area contributed by atoms with Crippen LogP contribution >= 0.6 is 11.3 Å². The van der Waals surface area contributed by atoms with Gasteiger partial charge < -0.3 is 15.3 Å². The molecule has 0 aliphatic carbocycles. The predicted molar refractivity (Wildman–Crippen MR) is 75.9 cm³/mol. The Morgan fingerprint density at radius 3 is 2.67 bits per heavy atom. The largest absolute Gasteiger partial charge is 0.477 e. The summed E-state index contributed by atoms with van der Waals surface area (Å²) in [4.78, 5) is 23.8. The van der Waals surface area contributed by atoms with E-state index in [2.05, 4.69) is 10.0 Å². The van der Waals surface area contributed by atoms with Crippen molar-refractivity contribution in [1.82, 2.24) is 14.9 Å². The number of rotatable bonds is 5. The van der Waals surface area contributed by atoms with Crippen LogP contribution in [0.3, 0.4) is 0 Å². The van der Waals surface area contributed by atoms with Crippen LogP contribution in [0.5, 0.6) is 0 Å². The molecular formula is C11H15N3O5S2. The fourth-order valence-electron chi connectivity index (χ4n) is 1.93. The molecule has 1 aromatic heterocycles. The topological polar surface area (TPSA) is 116 Å². The highest BCUT2D eigenvalue weighted by atomic mass is 32.2. The van der Waals surface area contributed by atoms with Gasteiger partial charge in [0.1, 0.15) is 9.77 Å². The third-order valence-corrected chi connectivity index (χ3v) is 5.47. The van der Waals surface area contributed by atoms with Gasteiger partial charge in [-0.05, 0) is 11.4 Å². The summed E-state index contributed by atoms with van der Waals surface area (Å²) >= 11 is 0.825. The summed E-state index contributed by atoms with van der Waals surface area (Å²) in [6.45, 7) is 2.02. The SMILES string of the molecule is O=C(O)c1sccc1S(=O)(=O)NCC(=O)N1CCNCC1. The van der Waals surface area contributed by atoms with Crippen LogP contribution in [0.4, 0.5) is 0 Å². The lowest BCUT2D eigenvalue weighted by atomic mass is 10.3. The second-order valence-corrected chi connectivity index (χ2v) is 7.03. The number of nitrogens with zero attached hydrogens (tertiary/aromatic N) is 1. The first kappa shape index (κ1) is 15.9. The number of sulfonamides is 1. The number of carboxylic acids is 1. The van der Waals surface area contributed by atoms with Crippen molar-refractivity contribution in [3.63, 3.8) is 0 Å². The minimum absolute atomic E-state index is 0.267. The van der Waals surface area contributed by atoms with Crippen LogP contribution in [0.15, 0.2) is 16.3 Å². The van der Waals surface area contributed by atoms with Crippen molar-refractivity contribution in [2.75, 3.05) is 32.7 Å². The van der Waals surface area contributed by atoms with Crippen molar-refractivity contribution in [3.8, 4) is 0 Å². The molecule has 1 aliphatic heterocycles. The molecule has 3 N–H and O–H groups in total. The number of hydrogen-bond donors (Lipinski definition) is 3. The number of piperazine rings is 1. The van der Waals surface area contributed by atoms with E-state index in [4.69, 9.17) is 5.11 Å². The normalized spacial score (nSPS) is 15.9. The van der Waals surface area contributed by atoms with E-state index >= 15 is 0 Å². The molecule has 10 heteroatoms. The lowest BCUT2D eigenvalue weighted by molar-refractivity contribution is -0.130. The highest BCUT2D eigenvalue weighted by Gasteiger charge is 2.25. The Morgan fingerprint density at radius 2 is 2.05 bits per heavy atom. The Bertz CT molecular complexity index is 634. The van der Waals surface area contributed by atoms with Gasteiger partial charge in [0.25, 0.3) is 0 Å². The smallest absolute Gasteiger partial charge is 0.347 e. The van der Waals surface area contributed by atoms with Gasteiger partial charge in [0, 0.05) is 26.2 Å². The second kappa shape index (κ2) is 6.52. The van der Waals surface area contributed by atoms with Gasteiger partial charge in [-0.2, -0.15) is 0 Å². The van der Waals surface area contributed by atoms with Crippen LogP contribution in [0.25, 0.3) is 0 Å². The molecule has 8 nitrogen and oxygen atoms in total. The highest BCUT2D eigenvalue weighted by Crippen LogP contribution is 2.21. The van der Waals surface area contributed by atoms with E-state index in [0.29, 0.717) is 26.2 Å². The average Bonchev–Trinajstić information content (AvgIpc) is 2.96. The van der Waals surface area contributed by atoms with Crippen LogP contribution in [-0.2, 0) is 14.8 Å². The molecule has 0 aromatic carbocycles. The average molecular weight is 333 g/mol. The molecule has 1 aromatic rings. The van der Waals surface area contributed by atoms with Crippen LogP contribution in [0, 0.1) is 0 Å². The standard InChI is InChI=1S/C11H15N3O5S2/c15-9(14-4-2-12-3-5-14)7-13-21(18,19)8-1-6-20-10(8)11(16)17/h1,6,12-13H,2-5,7H2,(H,16,17). The molecule has 0 radical (unpaired) electrons. The van der Waals surface area contributed by atoms with Crippen LogP contribution in [-0.4, -0.2) is 63.0 Å². The molecule has 0 bridgehead atoms. The fourth-order valence-corrected chi connectivity index (χ4v) is 4.16. The first-order valence-corrected chi connectivity index (χ1v) is 8.57. The van der Waals surface area contributed by atoms with Gasteiger partial charge in [0.15, 0.2) is 0 Å². The lowest BCUT2D eigenvalue weighted by Gasteiger charge is -2.27. The molecule has 0 atom stereocenters. The Labute approximate surface area is 125 Å². The van der Waals surface area contributed by atoms with E-state index in [1.54, 1.807) is 4.90 Å². The number of carbonyl (C=O) groups is 2. The van der Waals surface area contributed by atoms with Gasteiger partial charge in [0.2, 0.25) is 15.9 Å². The Balaban J connectivity index is 2.02.